The number of hydrogen-bond acceptors (Lipinski definition) is 5. The Balaban J connectivity index is 1.64. The van der Waals surface area contributed by atoms with Gasteiger partial charge in [0.15, 0.2) is 0 Å². The average molecular weight is 395 g/mol. The molecule has 1 aliphatic rings. The zero-order valence-electron chi connectivity index (χ0n) is 14.0. The summed E-state index contributed by atoms with van der Waals surface area (Å²) in [5, 5.41) is 15.2. The van der Waals surface area contributed by atoms with Crippen molar-refractivity contribution >= 4 is 34.8 Å². The van der Waals surface area contributed by atoms with Crippen molar-refractivity contribution in [3.63, 3.8) is 0 Å². The van der Waals surface area contributed by atoms with Gasteiger partial charge in [0.2, 0.25) is 5.91 Å². The SMILES string of the molecule is O=C(Cc1csc(-c2ccccc2Cl)n1)NC(C(=O)O)C1CCCOC1. The maximum atomic E-state index is 12.3. The molecule has 1 fully saturated rings. The third kappa shape index (κ3) is 4.60. The number of carbonyl (C=O) groups excluding carboxylic acids is 1. The first-order chi connectivity index (χ1) is 12.5. The maximum Gasteiger partial charge on any atom is 0.326 e. The summed E-state index contributed by atoms with van der Waals surface area (Å²) in [6, 6.07) is 6.43. The van der Waals surface area contributed by atoms with Gasteiger partial charge < -0.3 is 15.2 Å². The van der Waals surface area contributed by atoms with Gasteiger partial charge in [0.25, 0.3) is 0 Å². The third-order valence-electron chi connectivity index (χ3n) is 4.25. The van der Waals surface area contributed by atoms with Crippen LogP contribution in [0.4, 0.5) is 0 Å². The van der Waals surface area contributed by atoms with Gasteiger partial charge >= 0.3 is 5.97 Å². The molecule has 6 nitrogen and oxygen atoms in total. The minimum absolute atomic E-state index is 0.0261. The summed E-state index contributed by atoms with van der Waals surface area (Å²) < 4.78 is 5.34. The van der Waals surface area contributed by atoms with Gasteiger partial charge in [-0.05, 0) is 18.9 Å². The highest BCUT2D eigenvalue weighted by Crippen LogP contribution is 2.30. The predicted molar refractivity (Wildman–Crippen MR) is 99.4 cm³/mol. The van der Waals surface area contributed by atoms with Crippen LogP contribution in [0, 0.1) is 5.92 Å². The fourth-order valence-corrected chi connectivity index (χ4v) is 4.09. The second-order valence-electron chi connectivity index (χ2n) is 6.16. The average Bonchev–Trinajstić information content (AvgIpc) is 3.08. The molecule has 138 valence electrons. The Hall–Kier alpha value is -1.96. The molecule has 2 unspecified atom stereocenters. The van der Waals surface area contributed by atoms with Crippen LogP contribution in [0.15, 0.2) is 29.6 Å². The van der Waals surface area contributed by atoms with Crippen LogP contribution in [0.5, 0.6) is 0 Å². The van der Waals surface area contributed by atoms with Gasteiger partial charge in [-0.2, -0.15) is 0 Å². The smallest absolute Gasteiger partial charge is 0.326 e. The number of carboxylic acids is 1. The largest absolute Gasteiger partial charge is 0.480 e. The molecule has 2 heterocycles. The van der Waals surface area contributed by atoms with E-state index in [2.05, 4.69) is 10.3 Å². The molecule has 2 atom stereocenters. The van der Waals surface area contributed by atoms with Gasteiger partial charge in [-0.3, -0.25) is 4.79 Å². The Morgan fingerprint density at radius 3 is 2.92 bits per heavy atom. The van der Waals surface area contributed by atoms with Crippen molar-refractivity contribution in [2.45, 2.75) is 25.3 Å². The van der Waals surface area contributed by atoms with E-state index >= 15 is 0 Å². The first-order valence-electron chi connectivity index (χ1n) is 8.34. The number of nitrogens with one attached hydrogen (secondary N) is 1. The highest BCUT2D eigenvalue weighted by atomic mass is 35.5. The molecule has 0 radical (unpaired) electrons. The quantitative estimate of drug-likeness (QED) is 0.786. The normalized spacial score (nSPS) is 18.3. The van der Waals surface area contributed by atoms with Crippen molar-refractivity contribution in [1.29, 1.82) is 0 Å². The van der Waals surface area contributed by atoms with Gasteiger partial charge in [-0.25, -0.2) is 9.78 Å². The molecule has 2 N–H and O–H groups in total. The highest BCUT2D eigenvalue weighted by Gasteiger charge is 2.31. The van der Waals surface area contributed by atoms with E-state index in [0.717, 1.165) is 23.4 Å². The Morgan fingerprint density at radius 2 is 2.23 bits per heavy atom. The van der Waals surface area contributed by atoms with Crippen LogP contribution in [0.25, 0.3) is 10.6 Å². The number of carbonyl (C=O) groups is 2. The van der Waals surface area contributed by atoms with Gasteiger partial charge in [0.1, 0.15) is 11.0 Å². The Bertz CT molecular complexity index is 789. The molecular weight excluding hydrogens is 376 g/mol. The maximum absolute atomic E-state index is 12.3. The number of amides is 1. The van der Waals surface area contributed by atoms with Gasteiger partial charge in [-0.1, -0.05) is 29.8 Å². The van der Waals surface area contributed by atoms with E-state index in [1.807, 2.05) is 18.2 Å². The van der Waals surface area contributed by atoms with Gasteiger partial charge in [0.05, 0.1) is 23.7 Å². The van der Waals surface area contributed by atoms with Crippen molar-refractivity contribution in [2.24, 2.45) is 5.92 Å². The van der Waals surface area contributed by atoms with E-state index in [-0.39, 0.29) is 18.2 Å². The zero-order chi connectivity index (χ0) is 18.5. The summed E-state index contributed by atoms with van der Waals surface area (Å²) in [7, 11) is 0. The number of thiazole rings is 1. The standard InChI is InChI=1S/C18H19ClN2O4S/c19-14-6-2-1-5-13(14)17-20-12(10-26-17)8-15(22)21-16(18(23)24)11-4-3-7-25-9-11/h1-2,5-6,10-11,16H,3-4,7-9H2,(H,21,22)(H,23,24). The summed E-state index contributed by atoms with van der Waals surface area (Å²) in [6.07, 6.45) is 1.56. The highest BCUT2D eigenvalue weighted by molar-refractivity contribution is 7.13. The van der Waals surface area contributed by atoms with Crippen molar-refractivity contribution in [1.82, 2.24) is 10.3 Å². The number of aromatic nitrogens is 1. The molecule has 0 spiro atoms. The van der Waals surface area contributed by atoms with Crippen molar-refractivity contribution in [3.8, 4) is 10.6 Å². The number of hydrogen-bond donors (Lipinski definition) is 2. The number of aliphatic carboxylic acids is 1. The van der Waals surface area contributed by atoms with Crippen LogP contribution in [0.2, 0.25) is 5.02 Å². The molecule has 1 saturated heterocycles. The Morgan fingerprint density at radius 1 is 1.42 bits per heavy atom. The first-order valence-corrected chi connectivity index (χ1v) is 9.59. The van der Waals surface area contributed by atoms with E-state index in [1.165, 1.54) is 11.3 Å². The zero-order valence-corrected chi connectivity index (χ0v) is 15.6. The summed E-state index contributed by atoms with van der Waals surface area (Å²) in [5.74, 6) is -1.61. The summed E-state index contributed by atoms with van der Waals surface area (Å²) in [4.78, 5) is 28.3. The molecule has 1 aromatic carbocycles. The number of benzene rings is 1. The lowest BCUT2D eigenvalue weighted by molar-refractivity contribution is -0.145. The molecule has 1 aliphatic heterocycles. The molecule has 0 saturated carbocycles. The molecule has 2 aromatic rings. The molecular formula is C18H19ClN2O4S. The summed E-state index contributed by atoms with van der Waals surface area (Å²) in [5.41, 5.74) is 1.40. The van der Waals surface area contributed by atoms with Gasteiger partial charge in [0, 0.05) is 23.5 Å². The first kappa shape index (κ1) is 18.8. The van der Waals surface area contributed by atoms with Crippen LogP contribution in [0.1, 0.15) is 18.5 Å². The fraction of sp³-hybridized carbons (Fsp3) is 0.389. The van der Waals surface area contributed by atoms with Crippen LogP contribution in [0.3, 0.4) is 0 Å². The number of nitrogens with zero attached hydrogens (tertiary/aromatic N) is 1. The molecule has 3 rings (SSSR count). The minimum Gasteiger partial charge on any atom is -0.480 e. The second kappa shape index (κ2) is 8.62. The number of rotatable bonds is 6. The minimum atomic E-state index is -1.04. The van der Waals surface area contributed by atoms with Crippen LogP contribution >= 0.6 is 22.9 Å². The molecule has 8 heteroatoms. The van der Waals surface area contributed by atoms with Crippen LogP contribution in [-0.2, 0) is 20.7 Å². The van der Waals surface area contributed by atoms with Gasteiger partial charge in [-0.15, -0.1) is 11.3 Å². The molecule has 1 amide bonds. The van der Waals surface area contributed by atoms with Crippen molar-refractivity contribution in [3.05, 3.63) is 40.4 Å². The Labute approximate surface area is 160 Å². The number of halogens is 1. The van der Waals surface area contributed by atoms with Crippen molar-refractivity contribution in [2.75, 3.05) is 13.2 Å². The number of carboxylic acid groups (broad SMARTS) is 1. The monoisotopic (exact) mass is 394 g/mol. The summed E-state index contributed by atoms with van der Waals surface area (Å²) >= 11 is 7.57. The van der Waals surface area contributed by atoms with E-state index < -0.39 is 12.0 Å². The molecule has 26 heavy (non-hydrogen) atoms. The van der Waals surface area contributed by atoms with Crippen molar-refractivity contribution < 1.29 is 19.4 Å². The fourth-order valence-electron chi connectivity index (χ4n) is 2.95. The molecule has 1 aromatic heterocycles. The molecule has 0 bridgehead atoms. The van der Waals surface area contributed by atoms with Crippen LogP contribution in [-0.4, -0.2) is 41.2 Å². The van der Waals surface area contributed by atoms with E-state index in [0.29, 0.717) is 23.9 Å². The third-order valence-corrected chi connectivity index (χ3v) is 5.50. The second-order valence-corrected chi connectivity index (χ2v) is 7.43. The van der Waals surface area contributed by atoms with E-state index in [1.54, 1.807) is 11.4 Å². The Kier molecular flexibility index (Phi) is 6.24. The number of ether oxygens (including phenoxy) is 1. The summed E-state index contributed by atoms with van der Waals surface area (Å²) in [6.45, 7) is 0.991. The lowest BCUT2D eigenvalue weighted by Gasteiger charge is -2.28. The lowest BCUT2D eigenvalue weighted by Crippen LogP contribution is -2.48. The molecule has 0 aliphatic carbocycles. The lowest BCUT2D eigenvalue weighted by atomic mass is 9.93. The topological polar surface area (TPSA) is 88.5 Å². The van der Waals surface area contributed by atoms with E-state index in [9.17, 15) is 14.7 Å². The predicted octanol–water partition coefficient (Wildman–Crippen LogP) is 3.00. The van der Waals surface area contributed by atoms with Crippen LogP contribution < -0.4 is 5.32 Å². The van der Waals surface area contributed by atoms with E-state index in [4.69, 9.17) is 16.3 Å².